The molecule has 0 aliphatic heterocycles. The van der Waals surface area contributed by atoms with Crippen molar-refractivity contribution in [2.24, 2.45) is 17.2 Å². The molecule has 0 heterocycles. The van der Waals surface area contributed by atoms with E-state index in [4.69, 9.17) is 22.3 Å². The van der Waals surface area contributed by atoms with E-state index in [2.05, 4.69) is 10.6 Å². The second-order valence-electron chi connectivity index (χ2n) is 6.22. The van der Waals surface area contributed by atoms with Crippen molar-refractivity contribution < 1.29 is 34.2 Å². The molecule has 27 heavy (non-hydrogen) atoms. The number of primary amides is 1. The molecule has 0 aliphatic carbocycles. The number of carbonyl (C=O) groups excluding carboxylic acids is 3. The number of rotatable bonds is 13. The molecule has 12 nitrogen and oxygen atoms in total. The number of carboxylic acid groups (broad SMARTS) is 2. The molecule has 0 aliphatic rings. The van der Waals surface area contributed by atoms with Gasteiger partial charge in [0, 0.05) is 12.8 Å². The summed E-state index contributed by atoms with van der Waals surface area (Å²) in [5, 5.41) is 22.2. The topological polar surface area (TPSA) is 228 Å². The summed E-state index contributed by atoms with van der Waals surface area (Å²) in [5.41, 5.74) is 14.1. The molecule has 0 radical (unpaired) electrons. The molecule has 10 N–H and O–H groups in total. The molecular formula is C15H27N5O7. The molecule has 0 aromatic carbocycles. The summed E-state index contributed by atoms with van der Waals surface area (Å²) in [4.78, 5) is 56.7. The Morgan fingerprint density at radius 2 is 1.67 bits per heavy atom. The molecule has 1 unspecified atom stereocenters. The lowest BCUT2D eigenvalue weighted by molar-refractivity contribution is -0.148. The fourth-order valence-corrected chi connectivity index (χ4v) is 2.08. The minimum Gasteiger partial charge on any atom is -0.481 e. The zero-order chi connectivity index (χ0) is 21.2. The lowest BCUT2D eigenvalue weighted by atomic mass is 10.0. The Labute approximate surface area is 155 Å². The van der Waals surface area contributed by atoms with E-state index in [0.717, 1.165) is 0 Å². The molecular weight excluding hydrogens is 362 g/mol. The molecule has 0 rings (SSSR count). The van der Waals surface area contributed by atoms with Crippen molar-refractivity contribution in [1.82, 2.24) is 10.6 Å². The average molecular weight is 389 g/mol. The van der Waals surface area contributed by atoms with Gasteiger partial charge in [-0.15, -0.1) is 0 Å². The van der Waals surface area contributed by atoms with Gasteiger partial charge in [0.1, 0.15) is 6.04 Å². The summed E-state index contributed by atoms with van der Waals surface area (Å²) in [6.45, 7) is 1.40. The summed E-state index contributed by atoms with van der Waals surface area (Å²) >= 11 is 0. The molecule has 3 amide bonds. The lowest BCUT2D eigenvalue weighted by Crippen LogP contribution is -2.61. The fraction of sp³-hybridized carbons (Fsp3) is 0.667. The van der Waals surface area contributed by atoms with Gasteiger partial charge in [-0.1, -0.05) is 0 Å². The van der Waals surface area contributed by atoms with Crippen LogP contribution in [0.1, 0.15) is 45.4 Å². The van der Waals surface area contributed by atoms with E-state index >= 15 is 0 Å². The molecule has 12 heteroatoms. The van der Waals surface area contributed by atoms with Gasteiger partial charge in [-0.05, 0) is 32.6 Å². The summed E-state index contributed by atoms with van der Waals surface area (Å²) < 4.78 is 0. The first-order chi connectivity index (χ1) is 12.4. The number of amides is 3. The van der Waals surface area contributed by atoms with E-state index in [1.54, 1.807) is 0 Å². The third-order valence-corrected chi connectivity index (χ3v) is 3.69. The molecule has 154 valence electrons. The van der Waals surface area contributed by atoms with Crippen LogP contribution < -0.4 is 27.8 Å². The van der Waals surface area contributed by atoms with Crippen molar-refractivity contribution in [3.8, 4) is 0 Å². The first-order valence-corrected chi connectivity index (χ1v) is 8.29. The quantitative estimate of drug-likeness (QED) is 0.131. The minimum atomic E-state index is -2.08. The molecule has 3 atom stereocenters. The van der Waals surface area contributed by atoms with Gasteiger partial charge < -0.3 is 32.3 Å². The molecule has 0 saturated carbocycles. The Bertz CT molecular complexity index is 581. The maximum Gasteiger partial charge on any atom is 0.344 e. The van der Waals surface area contributed by atoms with E-state index in [1.807, 2.05) is 0 Å². The fourth-order valence-electron chi connectivity index (χ4n) is 2.08. The Kier molecular flexibility index (Phi) is 9.96. The first-order valence-electron chi connectivity index (χ1n) is 8.29. The maximum atomic E-state index is 12.0. The van der Waals surface area contributed by atoms with Crippen molar-refractivity contribution in [3.05, 3.63) is 0 Å². The van der Waals surface area contributed by atoms with Crippen LogP contribution in [0, 0.1) is 0 Å². The van der Waals surface area contributed by atoms with E-state index in [-0.39, 0.29) is 38.5 Å². The smallest absolute Gasteiger partial charge is 0.344 e. The van der Waals surface area contributed by atoms with Crippen LogP contribution in [0.25, 0.3) is 0 Å². The highest BCUT2D eigenvalue weighted by Crippen LogP contribution is 2.11. The largest absolute Gasteiger partial charge is 0.481 e. The summed E-state index contributed by atoms with van der Waals surface area (Å²) in [6, 6.07) is -2.03. The first kappa shape index (κ1) is 24.3. The number of hydrogen-bond donors (Lipinski definition) is 7. The van der Waals surface area contributed by atoms with Crippen molar-refractivity contribution in [3.63, 3.8) is 0 Å². The molecule has 0 fully saturated rings. The molecule has 0 aromatic heterocycles. The van der Waals surface area contributed by atoms with E-state index < -0.39 is 47.4 Å². The normalized spacial score (nSPS) is 15.1. The number of hydrogen-bond acceptors (Lipinski definition) is 7. The summed E-state index contributed by atoms with van der Waals surface area (Å²) in [5.74, 6) is -4.77. The number of nitrogens with two attached hydrogens (primary N) is 3. The predicted octanol–water partition coefficient (Wildman–Crippen LogP) is -2.42. The average Bonchev–Trinajstić information content (AvgIpc) is 2.54. The lowest BCUT2D eigenvalue weighted by Gasteiger charge is -2.26. The number of carbonyl (C=O) groups is 5. The van der Waals surface area contributed by atoms with Gasteiger partial charge in [-0.25, -0.2) is 4.79 Å². The minimum absolute atomic E-state index is 0.150. The Morgan fingerprint density at radius 1 is 1.07 bits per heavy atom. The Morgan fingerprint density at radius 3 is 2.11 bits per heavy atom. The van der Waals surface area contributed by atoms with Crippen molar-refractivity contribution >= 4 is 29.7 Å². The summed E-state index contributed by atoms with van der Waals surface area (Å²) in [7, 11) is 0. The van der Waals surface area contributed by atoms with Crippen LogP contribution in [-0.2, 0) is 24.0 Å². The van der Waals surface area contributed by atoms with Crippen LogP contribution in [0.2, 0.25) is 0 Å². The van der Waals surface area contributed by atoms with E-state index in [1.165, 1.54) is 6.92 Å². The molecule has 0 saturated heterocycles. The standard InChI is InChI=1S/C15H27N5O7/c1-8(16)13(25)19-9(12(17)24)5-6-10(21)20-15(18,14(26)27)7-3-2-4-11(22)23/h8-9H,2-7,16,18H2,1H3,(H2,17,24)(H,19,25)(H,20,21)(H,22,23)(H,26,27)/t8-,9+,15?/m0/s1. The van der Waals surface area contributed by atoms with Crippen molar-refractivity contribution in [2.45, 2.75) is 63.2 Å². The Balaban J connectivity index is 4.70. The highest BCUT2D eigenvalue weighted by Gasteiger charge is 2.35. The highest BCUT2D eigenvalue weighted by molar-refractivity contribution is 5.90. The van der Waals surface area contributed by atoms with Gasteiger partial charge in [0.05, 0.1) is 6.04 Å². The molecule has 0 spiro atoms. The van der Waals surface area contributed by atoms with Crippen LogP contribution in [-0.4, -0.2) is 57.6 Å². The SMILES string of the molecule is C[C@H](N)C(=O)N[C@H](CCC(=O)NC(N)(CCCCC(=O)O)C(=O)O)C(N)=O. The van der Waals surface area contributed by atoms with Gasteiger partial charge >= 0.3 is 11.9 Å². The third kappa shape index (κ3) is 9.51. The predicted molar refractivity (Wildman–Crippen MR) is 92.8 cm³/mol. The van der Waals surface area contributed by atoms with Gasteiger partial charge in [-0.2, -0.15) is 0 Å². The third-order valence-electron chi connectivity index (χ3n) is 3.69. The Hall–Kier alpha value is -2.73. The van der Waals surface area contributed by atoms with Gasteiger partial charge in [-0.3, -0.25) is 24.9 Å². The maximum absolute atomic E-state index is 12.0. The van der Waals surface area contributed by atoms with Gasteiger partial charge in [0.25, 0.3) is 0 Å². The zero-order valence-electron chi connectivity index (χ0n) is 15.1. The van der Waals surface area contributed by atoms with Crippen LogP contribution >= 0.6 is 0 Å². The van der Waals surface area contributed by atoms with E-state index in [9.17, 15) is 29.1 Å². The molecule has 0 bridgehead atoms. The van der Waals surface area contributed by atoms with Crippen molar-refractivity contribution in [1.29, 1.82) is 0 Å². The van der Waals surface area contributed by atoms with Gasteiger partial charge in [0.15, 0.2) is 5.66 Å². The number of unbranched alkanes of at least 4 members (excludes halogenated alkanes) is 1. The van der Waals surface area contributed by atoms with Crippen LogP contribution in [0.5, 0.6) is 0 Å². The monoisotopic (exact) mass is 389 g/mol. The summed E-state index contributed by atoms with van der Waals surface area (Å²) in [6.07, 6.45) is -0.456. The van der Waals surface area contributed by atoms with Crippen LogP contribution in [0.3, 0.4) is 0 Å². The number of nitrogens with one attached hydrogen (secondary N) is 2. The van der Waals surface area contributed by atoms with Crippen LogP contribution in [0.15, 0.2) is 0 Å². The second-order valence-corrected chi connectivity index (χ2v) is 6.22. The van der Waals surface area contributed by atoms with E-state index in [0.29, 0.717) is 0 Å². The van der Waals surface area contributed by atoms with Gasteiger partial charge in [0.2, 0.25) is 17.7 Å². The zero-order valence-corrected chi connectivity index (χ0v) is 15.1. The highest BCUT2D eigenvalue weighted by atomic mass is 16.4. The number of aliphatic carboxylic acids is 2. The number of carboxylic acids is 2. The van der Waals surface area contributed by atoms with Crippen LogP contribution in [0.4, 0.5) is 0 Å². The second kappa shape index (κ2) is 11.1. The molecule has 0 aromatic rings. The van der Waals surface area contributed by atoms with Crippen molar-refractivity contribution in [2.75, 3.05) is 0 Å².